The average Bonchev–Trinajstić information content (AvgIpc) is 3.42. The SMILES string of the molecule is Cc1cccc(-c2ccccc2)c1N(c1cccc(C2CCCCC2)c1)c1cc(N(c2cccc(C3CCCCC3)c2)c2c(C)cccc2-c2ccccc2)c2ccc3cc(C(C)(C)C)cc4ccc1c2c43. The first-order chi connectivity index (χ1) is 35.2. The lowest BCUT2D eigenvalue weighted by atomic mass is 9.82. The molecule has 0 atom stereocenters. The zero-order chi connectivity index (χ0) is 48.9. The van der Waals surface area contributed by atoms with Crippen LogP contribution in [0.25, 0.3) is 54.6 Å². The van der Waals surface area contributed by atoms with Crippen molar-refractivity contribution in [3.63, 3.8) is 0 Å². The van der Waals surface area contributed by atoms with E-state index in [0.29, 0.717) is 11.8 Å². The van der Waals surface area contributed by atoms with Gasteiger partial charge in [-0.3, -0.25) is 0 Å². The smallest absolute Gasteiger partial charge is 0.0569 e. The number of rotatable bonds is 10. The molecule has 2 aliphatic carbocycles. The summed E-state index contributed by atoms with van der Waals surface area (Å²) >= 11 is 0. The Hall–Kier alpha value is -7.16. The van der Waals surface area contributed by atoms with Crippen LogP contribution in [0.1, 0.15) is 125 Å². The molecule has 2 fully saturated rings. The number of hydrogen-bond acceptors (Lipinski definition) is 2. The van der Waals surface area contributed by atoms with Gasteiger partial charge < -0.3 is 9.80 Å². The first-order valence-corrected chi connectivity index (χ1v) is 27.1. The van der Waals surface area contributed by atoms with Crippen molar-refractivity contribution in [2.45, 2.75) is 116 Å². The summed E-state index contributed by atoms with van der Waals surface area (Å²) in [5.41, 5.74) is 18.8. The van der Waals surface area contributed by atoms with Gasteiger partial charge in [0, 0.05) is 38.7 Å². The lowest BCUT2D eigenvalue weighted by Gasteiger charge is -2.35. The molecule has 0 aromatic heterocycles. The van der Waals surface area contributed by atoms with Gasteiger partial charge in [0.2, 0.25) is 0 Å². The Morgan fingerprint density at radius 3 is 1.25 bits per heavy atom. The van der Waals surface area contributed by atoms with Gasteiger partial charge in [-0.2, -0.15) is 0 Å². The summed E-state index contributed by atoms with van der Waals surface area (Å²) in [5.74, 6) is 1.12. The van der Waals surface area contributed by atoms with E-state index in [0.717, 1.165) is 0 Å². The van der Waals surface area contributed by atoms with Crippen LogP contribution in [0, 0.1) is 13.8 Å². The van der Waals surface area contributed by atoms with Crippen molar-refractivity contribution >= 4 is 66.4 Å². The first kappa shape index (κ1) is 45.9. The summed E-state index contributed by atoms with van der Waals surface area (Å²) < 4.78 is 0. The molecular formula is C70H68N2. The van der Waals surface area contributed by atoms with Crippen LogP contribution < -0.4 is 9.80 Å². The number of hydrogen-bond donors (Lipinski definition) is 0. The lowest BCUT2D eigenvalue weighted by molar-refractivity contribution is 0.443. The second-order valence-electron chi connectivity index (χ2n) is 22.3. The molecule has 358 valence electrons. The average molecular weight is 937 g/mol. The molecule has 0 N–H and O–H groups in total. The summed E-state index contributed by atoms with van der Waals surface area (Å²) in [6, 6.07) is 72.4. The molecule has 0 aliphatic heterocycles. The first-order valence-electron chi connectivity index (χ1n) is 27.1. The van der Waals surface area contributed by atoms with Crippen molar-refractivity contribution < 1.29 is 0 Å². The summed E-state index contributed by atoms with van der Waals surface area (Å²) in [7, 11) is 0. The Balaban J connectivity index is 1.23. The fourth-order valence-corrected chi connectivity index (χ4v) is 12.8. The molecule has 12 rings (SSSR count). The van der Waals surface area contributed by atoms with Crippen LogP contribution in [0.4, 0.5) is 34.1 Å². The topological polar surface area (TPSA) is 6.48 Å². The lowest BCUT2D eigenvalue weighted by Crippen LogP contribution is -2.17. The van der Waals surface area contributed by atoms with Crippen LogP contribution in [-0.2, 0) is 5.41 Å². The van der Waals surface area contributed by atoms with E-state index in [2.05, 4.69) is 232 Å². The Morgan fingerprint density at radius 2 is 0.819 bits per heavy atom. The third-order valence-corrected chi connectivity index (χ3v) is 16.5. The highest BCUT2D eigenvalue weighted by Gasteiger charge is 2.30. The molecule has 10 aromatic carbocycles. The minimum atomic E-state index is -0.00157. The maximum Gasteiger partial charge on any atom is 0.0569 e. The third-order valence-electron chi connectivity index (χ3n) is 16.5. The number of nitrogens with zero attached hydrogens (tertiary/aromatic N) is 2. The summed E-state index contributed by atoms with van der Waals surface area (Å²) in [6.45, 7) is 11.6. The predicted octanol–water partition coefficient (Wildman–Crippen LogP) is 20.9. The molecule has 0 saturated heterocycles. The number of aryl methyl sites for hydroxylation is 2. The van der Waals surface area contributed by atoms with Crippen LogP contribution >= 0.6 is 0 Å². The van der Waals surface area contributed by atoms with Crippen molar-refractivity contribution in [1.82, 2.24) is 0 Å². The molecule has 72 heavy (non-hydrogen) atoms. The van der Waals surface area contributed by atoms with Crippen LogP contribution in [0.15, 0.2) is 188 Å². The normalized spacial score (nSPS) is 14.9. The zero-order valence-electron chi connectivity index (χ0n) is 43.0. The van der Waals surface area contributed by atoms with Crippen LogP contribution in [-0.4, -0.2) is 0 Å². The quantitative estimate of drug-likeness (QED) is 0.126. The Morgan fingerprint density at radius 1 is 0.389 bits per heavy atom. The Bertz CT molecular complexity index is 3330. The second kappa shape index (κ2) is 19.1. The highest BCUT2D eigenvalue weighted by molar-refractivity contribution is 6.29. The van der Waals surface area contributed by atoms with Crippen LogP contribution in [0.2, 0.25) is 0 Å². The van der Waals surface area contributed by atoms with Gasteiger partial charge in [0.1, 0.15) is 0 Å². The molecule has 0 radical (unpaired) electrons. The summed E-state index contributed by atoms with van der Waals surface area (Å²) in [5, 5.41) is 7.72. The Kier molecular flexibility index (Phi) is 12.2. The van der Waals surface area contributed by atoms with Gasteiger partial charge in [0.25, 0.3) is 0 Å². The highest BCUT2D eigenvalue weighted by Crippen LogP contribution is 2.54. The Labute approximate surface area is 428 Å². The van der Waals surface area contributed by atoms with E-state index in [9.17, 15) is 0 Å². The minimum absolute atomic E-state index is 0.00157. The van der Waals surface area contributed by atoms with Crippen molar-refractivity contribution in [3.8, 4) is 22.3 Å². The van der Waals surface area contributed by atoms with E-state index in [4.69, 9.17) is 0 Å². The molecule has 2 heteroatoms. The number of para-hydroxylation sites is 2. The largest absolute Gasteiger partial charge is 0.309 e. The fraction of sp³-hybridized carbons (Fsp3) is 0.257. The zero-order valence-corrected chi connectivity index (χ0v) is 43.0. The number of anilines is 6. The van der Waals surface area contributed by atoms with Gasteiger partial charge in [-0.15, -0.1) is 0 Å². The highest BCUT2D eigenvalue weighted by atomic mass is 15.2. The molecule has 0 spiro atoms. The van der Waals surface area contributed by atoms with Crippen molar-refractivity contribution in [2.75, 3.05) is 9.80 Å². The van der Waals surface area contributed by atoms with E-state index in [1.165, 1.54) is 181 Å². The van der Waals surface area contributed by atoms with Crippen molar-refractivity contribution in [1.29, 1.82) is 0 Å². The molecule has 10 aromatic rings. The van der Waals surface area contributed by atoms with E-state index in [-0.39, 0.29) is 5.41 Å². The van der Waals surface area contributed by atoms with Crippen LogP contribution in [0.5, 0.6) is 0 Å². The van der Waals surface area contributed by atoms with Crippen molar-refractivity contribution in [3.05, 3.63) is 216 Å². The molecule has 2 nitrogen and oxygen atoms in total. The van der Waals surface area contributed by atoms with Gasteiger partial charge in [0.05, 0.1) is 22.7 Å². The predicted molar refractivity (Wildman–Crippen MR) is 310 cm³/mol. The third kappa shape index (κ3) is 8.43. The molecule has 0 bridgehead atoms. The van der Waals surface area contributed by atoms with Crippen molar-refractivity contribution in [2.24, 2.45) is 0 Å². The van der Waals surface area contributed by atoms with Gasteiger partial charge in [0.15, 0.2) is 0 Å². The van der Waals surface area contributed by atoms with Crippen LogP contribution in [0.3, 0.4) is 0 Å². The van der Waals surface area contributed by atoms with E-state index < -0.39 is 0 Å². The molecule has 2 saturated carbocycles. The van der Waals surface area contributed by atoms with E-state index in [1.807, 2.05) is 0 Å². The monoisotopic (exact) mass is 937 g/mol. The molecule has 0 unspecified atom stereocenters. The van der Waals surface area contributed by atoms with Gasteiger partial charge in [-0.05, 0) is 142 Å². The van der Waals surface area contributed by atoms with Gasteiger partial charge in [-0.25, -0.2) is 0 Å². The standard InChI is InChI=1S/C70H68N2/c1-47-22-18-36-60(51-28-14-8-15-29-51)68(47)71(58-34-20-32-53(44-58)49-24-10-6-11-25-49)64-46-65(63-41-39-56-43-57(70(3,4)5)42-55-38-40-62(64)67(63)66(55)56)72(59-35-21-33-54(45-59)50-26-12-7-13-27-50)69-48(2)23-19-37-61(69)52-30-16-9-17-31-52/h8-9,14-23,28-46,49-50H,6-7,10-13,24-27H2,1-5H3. The maximum absolute atomic E-state index is 2.66. The molecular weight excluding hydrogens is 869 g/mol. The fourth-order valence-electron chi connectivity index (χ4n) is 12.8. The maximum atomic E-state index is 2.66. The minimum Gasteiger partial charge on any atom is -0.309 e. The van der Waals surface area contributed by atoms with E-state index in [1.54, 1.807) is 0 Å². The molecule has 0 amide bonds. The van der Waals surface area contributed by atoms with Gasteiger partial charge in [-0.1, -0.05) is 217 Å². The summed E-state index contributed by atoms with van der Waals surface area (Å²) in [6.07, 6.45) is 12.8. The molecule has 0 heterocycles. The molecule has 2 aliphatic rings. The van der Waals surface area contributed by atoms with Gasteiger partial charge >= 0.3 is 0 Å². The summed E-state index contributed by atoms with van der Waals surface area (Å²) in [4.78, 5) is 5.32. The second-order valence-corrected chi connectivity index (χ2v) is 22.3. The van der Waals surface area contributed by atoms with E-state index >= 15 is 0 Å². The number of benzene rings is 10.